The van der Waals surface area contributed by atoms with Gasteiger partial charge in [-0.1, -0.05) is 19.3 Å². The Morgan fingerprint density at radius 2 is 1.95 bits per heavy atom. The molecule has 1 aliphatic heterocycles. The van der Waals surface area contributed by atoms with Gasteiger partial charge in [-0.15, -0.1) is 0 Å². The Hall–Kier alpha value is -0.170. The lowest BCUT2D eigenvalue weighted by molar-refractivity contribution is -0.0220. The van der Waals surface area contributed by atoms with Crippen LogP contribution in [0, 0.1) is 5.41 Å². The molecule has 2 fully saturated rings. The second-order valence-corrected chi connectivity index (χ2v) is 7.63. The van der Waals surface area contributed by atoms with Gasteiger partial charge in [0.15, 0.2) is 0 Å². The first-order valence-electron chi connectivity index (χ1n) is 7.19. The van der Waals surface area contributed by atoms with Crippen LogP contribution in [0.3, 0.4) is 0 Å². The molecule has 1 saturated carbocycles. The molecule has 0 aromatic heterocycles. The Bertz CT molecular complexity index is 370. The summed E-state index contributed by atoms with van der Waals surface area (Å²) in [7, 11) is -3.44. The largest absolute Gasteiger partial charge is 0.378 e. The molecular formula is C13H25NO4S. The summed E-state index contributed by atoms with van der Waals surface area (Å²) >= 11 is 0. The van der Waals surface area contributed by atoms with Crippen molar-refractivity contribution < 1.29 is 17.9 Å². The van der Waals surface area contributed by atoms with Crippen LogP contribution in [0.2, 0.25) is 0 Å². The minimum absolute atomic E-state index is 0.0471. The first-order valence-corrected chi connectivity index (χ1v) is 8.91. The van der Waals surface area contributed by atoms with Crippen LogP contribution in [0.4, 0.5) is 0 Å². The molecule has 5 nitrogen and oxygen atoms in total. The summed E-state index contributed by atoms with van der Waals surface area (Å²) in [6.45, 7) is 1.88. The van der Waals surface area contributed by atoms with Gasteiger partial charge in [0.1, 0.15) is 0 Å². The number of primary sulfonamides is 1. The number of hydrogen-bond acceptors (Lipinski definition) is 4. The van der Waals surface area contributed by atoms with Crippen molar-refractivity contribution in [1.82, 2.24) is 0 Å². The van der Waals surface area contributed by atoms with Crippen molar-refractivity contribution in [2.45, 2.75) is 51.0 Å². The first-order chi connectivity index (χ1) is 8.99. The Labute approximate surface area is 115 Å². The summed E-state index contributed by atoms with van der Waals surface area (Å²) in [5.74, 6) is 0.0471. The average Bonchev–Trinajstić information content (AvgIpc) is 2.81. The molecule has 2 aliphatic rings. The molecule has 1 atom stereocenters. The van der Waals surface area contributed by atoms with Gasteiger partial charge in [-0.3, -0.25) is 0 Å². The monoisotopic (exact) mass is 291 g/mol. The van der Waals surface area contributed by atoms with Crippen molar-refractivity contribution >= 4 is 10.0 Å². The lowest BCUT2D eigenvalue weighted by atomic mass is 9.76. The van der Waals surface area contributed by atoms with Gasteiger partial charge < -0.3 is 9.47 Å². The minimum atomic E-state index is -3.44. The van der Waals surface area contributed by atoms with Crippen molar-refractivity contribution in [2.75, 3.05) is 25.6 Å². The van der Waals surface area contributed by atoms with E-state index in [0.29, 0.717) is 13.2 Å². The Morgan fingerprint density at radius 1 is 1.21 bits per heavy atom. The van der Waals surface area contributed by atoms with Gasteiger partial charge in [0.25, 0.3) is 0 Å². The highest BCUT2D eigenvalue weighted by molar-refractivity contribution is 7.89. The van der Waals surface area contributed by atoms with Crippen LogP contribution >= 0.6 is 0 Å². The lowest BCUT2D eigenvalue weighted by Gasteiger charge is -2.36. The van der Waals surface area contributed by atoms with Gasteiger partial charge >= 0.3 is 0 Å². The van der Waals surface area contributed by atoms with Crippen molar-refractivity contribution in [3.05, 3.63) is 0 Å². The second kappa shape index (κ2) is 6.52. The van der Waals surface area contributed by atoms with Gasteiger partial charge in [-0.25, -0.2) is 13.6 Å². The van der Waals surface area contributed by atoms with Gasteiger partial charge in [0.05, 0.1) is 25.1 Å². The van der Waals surface area contributed by atoms with Crippen molar-refractivity contribution in [3.63, 3.8) is 0 Å². The van der Waals surface area contributed by atoms with E-state index in [1.54, 1.807) is 0 Å². The van der Waals surface area contributed by atoms with E-state index in [2.05, 4.69) is 0 Å². The maximum Gasteiger partial charge on any atom is 0.209 e. The fourth-order valence-corrected chi connectivity index (χ4v) is 4.47. The maximum atomic E-state index is 11.4. The molecule has 1 heterocycles. The molecule has 2 N–H and O–H groups in total. The topological polar surface area (TPSA) is 78.6 Å². The van der Waals surface area contributed by atoms with Crippen LogP contribution < -0.4 is 5.14 Å². The Morgan fingerprint density at radius 3 is 2.53 bits per heavy atom. The van der Waals surface area contributed by atoms with Crippen LogP contribution in [-0.4, -0.2) is 40.1 Å². The standard InChI is InChI=1S/C13H25NO4S/c14-19(15,16)11-13(6-2-1-3-7-13)10-17-9-12-5-4-8-18-12/h12H,1-11H2,(H2,14,15,16). The molecule has 0 aromatic rings. The Balaban J connectivity index is 1.85. The average molecular weight is 291 g/mol. The van der Waals surface area contributed by atoms with E-state index in [-0.39, 0.29) is 17.3 Å². The normalized spacial score (nSPS) is 27.5. The molecule has 6 heteroatoms. The summed E-state index contributed by atoms with van der Waals surface area (Å²) in [5, 5.41) is 5.24. The fourth-order valence-electron chi connectivity index (χ4n) is 3.24. The SMILES string of the molecule is NS(=O)(=O)CC1(COCC2CCCO2)CCCCC1. The molecule has 2 rings (SSSR count). The first kappa shape index (κ1) is 15.2. The zero-order valence-corrected chi connectivity index (χ0v) is 12.3. The van der Waals surface area contributed by atoms with Crippen molar-refractivity contribution in [3.8, 4) is 0 Å². The van der Waals surface area contributed by atoms with E-state index in [4.69, 9.17) is 14.6 Å². The lowest BCUT2D eigenvalue weighted by Crippen LogP contribution is -2.39. The van der Waals surface area contributed by atoms with E-state index in [1.165, 1.54) is 6.42 Å². The van der Waals surface area contributed by atoms with Crippen molar-refractivity contribution in [2.24, 2.45) is 10.6 Å². The molecule has 112 valence electrons. The van der Waals surface area contributed by atoms with E-state index in [9.17, 15) is 8.42 Å². The number of nitrogens with two attached hydrogens (primary N) is 1. The molecule has 0 radical (unpaired) electrons. The summed E-state index contributed by atoms with van der Waals surface area (Å²) in [6, 6.07) is 0. The predicted molar refractivity (Wildman–Crippen MR) is 73.3 cm³/mol. The minimum Gasteiger partial charge on any atom is -0.378 e. The summed E-state index contributed by atoms with van der Waals surface area (Å²) in [4.78, 5) is 0. The van der Waals surface area contributed by atoms with Crippen molar-refractivity contribution in [1.29, 1.82) is 0 Å². The molecule has 0 amide bonds. The summed E-state index contributed by atoms with van der Waals surface area (Å²) in [5.41, 5.74) is -0.273. The molecule has 0 aromatic carbocycles. The molecule has 1 unspecified atom stereocenters. The number of ether oxygens (including phenoxy) is 2. The predicted octanol–water partition coefficient (Wildman–Crippen LogP) is 1.42. The fraction of sp³-hybridized carbons (Fsp3) is 1.00. The molecule has 1 aliphatic carbocycles. The molecule has 1 saturated heterocycles. The highest BCUT2D eigenvalue weighted by Crippen LogP contribution is 2.37. The van der Waals surface area contributed by atoms with E-state index in [0.717, 1.165) is 45.1 Å². The zero-order valence-electron chi connectivity index (χ0n) is 11.5. The Kier molecular flexibility index (Phi) is 5.22. The van der Waals surface area contributed by atoms with Crippen LogP contribution in [0.1, 0.15) is 44.9 Å². The molecule has 0 spiro atoms. The van der Waals surface area contributed by atoms with Gasteiger partial charge in [0, 0.05) is 12.0 Å². The highest BCUT2D eigenvalue weighted by atomic mass is 32.2. The van der Waals surface area contributed by atoms with Gasteiger partial charge in [0.2, 0.25) is 10.0 Å². The number of hydrogen-bond donors (Lipinski definition) is 1. The second-order valence-electron chi connectivity index (χ2n) is 6.02. The molecule has 0 bridgehead atoms. The summed E-state index contributed by atoms with van der Waals surface area (Å²) < 4.78 is 34.1. The van der Waals surface area contributed by atoms with Gasteiger partial charge in [-0.2, -0.15) is 0 Å². The smallest absolute Gasteiger partial charge is 0.209 e. The number of sulfonamides is 1. The highest BCUT2D eigenvalue weighted by Gasteiger charge is 2.36. The third-order valence-corrected chi connectivity index (χ3v) is 5.17. The van der Waals surface area contributed by atoms with Crippen LogP contribution in [0.15, 0.2) is 0 Å². The van der Waals surface area contributed by atoms with Crippen LogP contribution in [-0.2, 0) is 19.5 Å². The zero-order chi connectivity index (χ0) is 13.8. The van der Waals surface area contributed by atoms with Crippen LogP contribution in [0.25, 0.3) is 0 Å². The quantitative estimate of drug-likeness (QED) is 0.802. The van der Waals surface area contributed by atoms with E-state index >= 15 is 0 Å². The van der Waals surface area contributed by atoms with E-state index in [1.807, 2.05) is 0 Å². The van der Waals surface area contributed by atoms with E-state index < -0.39 is 10.0 Å². The maximum absolute atomic E-state index is 11.4. The molecular weight excluding hydrogens is 266 g/mol. The summed E-state index contributed by atoms with van der Waals surface area (Å²) in [6.07, 6.45) is 7.44. The number of rotatable bonds is 6. The molecule has 19 heavy (non-hydrogen) atoms. The van der Waals surface area contributed by atoms with Crippen LogP contribution in [0.5, 0.6) is 0 Å². The van der Waals surface area contributed by atoms with Gasteiger partial charge in [-0.05, 0) is 25.7 Å². The third kappa shape index (κ3) is 5.02. The third-order valence-electron chi connectivity index (χ3n) is 4.16.